The number of rotatable bonds is 6. The Hall–Kier alpha value is 0.270. The Morgan fingerprint density at radius 1 is 1.33 bits per heavy atom. The molecule has 1 aliphatic carbocycles. The van der Waals surface area contributed by atoms with Gasteiger partial charge in [-0.05, 0) is 19.1 Å². The summed E-state index contributed by atoms with van der Waals surface area (Å²) >= 11 is 1.89. The fourth-order valence-electron chi connectivity index (χ4n) is 2.32. The number of thioether (sulfide) groups is 1. The second kappa shape index (κ2) is 6.77. The molecule has 90 valence electrons. The predicted octanol–water partition coefficient (Wildman–Crippen LogP) is 2.27. The van der Waals surface area contributed by atoms with Crippen LogP contribution in [0.5, 0.6) is 0 Å². The topological polar surface area (TPSA) is 32.3 Å². The molecule has 15 heavy (non-hydrogen) atoms. The van der Waals surface area contributed by atoms with Crippen molar-refractivity contribution < 1.29 is 5.11 Å². The zero-order valence-electron chi connectivity index (χ0n) is 10.1. The molecule has 1 aliphatic rings. The molecule has 2 N–H and O–H groups in total. The smallest absolute Gasteiger partial charge is 0.0499 e. The van der Waals surface area contributed by atoms with Crippen molar-refractivity contribution in [2.24, 2.45) is 5.41 Å². The van der Waals surface area contributed by atoms with Gasteiger partial charge in [0.05, 0.1) is 0 Å². The Balaban J connectivity index is 2.26. The van der Waals surface area contributed by atoms with Crippen LogP contribution in [0.15, 0.2) is 0 Å². The average molecular weight is 231 g/mol. The van der Waals surface area contributed by atoms with Crippen LogP contribution in [0.3, 0.4) is 0 Å². The fourth-order valence-corrected chi connectivity index (χ4v) is 2.60. The molecule has 0 aromatic carbocycles. The van der Waals surface area contributed by atoms with Gasteiger partial charge < -0.3 is 10.4 Å². The lowest BCUT2D eigenvalue weighted by Gasteiger charge is -2.36. The molecule has 0 aromatic heterocycles. The second-order valence-electron chi connectivity index (χ2n) is 4.90. The van der Waals surface area contributed by atoms with E-state index in [9.17, 15) is 5.11 Å². The van der Waals surface area contributed by atoms with Crippen molar-refractivity contribution in [3.8, 4) is 0 Å². The van der Waals surface area contributed by atoms with Gasteiger partial charge in [0.2, 0.25) is 0 Å². The van der Waals surface area contributed by atoms with Crippen LogP contribution in [0.4, 0.5) is 0 Å². The molecule has 1 fully saturated rings. The van der Waals surface area contributed by atoms with Gasteiger partial charge in [-0.15, -0.1) is 0 Å². The molecule has 1 rings (SSSR count). The molecule has 3 heteroatoms. The summed E-state index contributed by atoms with van der Waals surface area (Å²) in [5.41, 5.74) is 0.191. The van der Waals surface area contributed by atoms with E-state index in [0.29, 0.717) is 11.9 Å². The van der Waals surface area contributed by atoms with E-state index in [1.54, 1.807) is 0 Å². The summed E-state index contributed by atoms with van der Waals surface area (Å²) in [5.74, 6) is 0. The highest BCUT2D eigenvalue weighted by Crippen LogP contribution is 2.35. The maximum atomic E-state index is 9.52. The number of nitrogens with one attached hydrogen (secondary N) is 1. The van der Waals surface area contributed by atoms with Crippen LogP contribution in [-0.4, -0.2) is 36.3 Å². The molecule has 0 aliphatic heterocycles. The van der Waals surface area contributed by atoms with Gasteiger partial charge in [-0.1, -0.05) is 26.2 Å². The van der Waals surface area contributed by atoms with Crippen molar-refractivity contribution in [3.05, 3.63) is 0 Å². The lowest BCUT2D eigenvalue weighted by atomic mass is 9.74. The summed E-state index contributed by atoms with van der Waals surface area (Å²) in [7, 11) is 0. The third-order valence-corrected chi connectivity index (χ3v) is 4.56. The van der Waals surface area contributed by atoms with Crippen molar-refractivity contribution in [2.75, 3.05) is 26.0 Å². The summed E-state index contributed by atoms with van der Waals surface area (Å²) in [6.07, 6.45) is 8.48. The van der Waals surface area contributed by atoms with E-state index in [2.05, 4.69) is 18.5 Å². The van der Waals surface area contributed by atoms with Gasteiger partial charge >= 0.3 is 0 Å². The first-order valence-electron chi connectivity index (χ1n) is 6.07. The maximum absolute atomic E-state index is 9.52. The average Bonchev–Trinajstić information content (AvgIpc) is 2.30. The third kappa shape index (κ3) is 4.33. The summed E-state index contributed by atoms with van der Waals surface area (Å²) in [6.45, 7) is 4.65. The van der Waals surface area contributed by atoms with Gasteiger partial charge in [-0.25, -0.2) is 0 Å². The van der Waals surface area contributed by atoms with Crippen molar-refractivity contribution in [3.63, 3.8) is 0 Å². The van der Waals surface area contributed by atoms with Crippen LogP contribution in [0, 0.1) is 5.41 Å². The molecule has 1 saturated carbocycles. The quantitative estimate of drug-likeness (QED) is 0.735. The monoisotopic (exact) mass is 231 g/mol. The van der Waals surface area contributed by atoms with Gasteiger partial charge in [0.25, 0.3) is 0 Å². The second-order valence-corrected chi connectivity index (χ2v) is 6.17. The molecule has 0 amide bonds. The summed E-state index contributed by atoms with van der Waals surface area (Å²) in [6, 6.07) is 0. The summed E-state index contributed by atoms with van der Waals surface area (Å²) in [4.78, 5) is 0. The molecule has 1 atom stereocenters. The Morgan fingerprint density at radius 3 is 2.53 bits per heavy atom. The first kappa shape index (κ1) is 13.3. The van der Waals surface area contributed by atoms with E-state index in [1.807, 2.05) is 11.8 Å². The van der Waals surface area contributed by atoms with Crippen LogP contribution >= 0.6 is 11.8 Å². The Bertz CT molecular complexity index is 169. The predicted molar refractivity (Wildman–Crippen MR) is 68.5 cm³/mol. The highest BCUT2D eigenvalue weighted by atomic mass is 32.2. The van der Waals surface area contributed by atoms with Gasteiger partial charge in [0, 0.05) is 30.4 Å². The van der Waals surface area contributed by atoms with E-state index < -0.39 is 0 Å². The van der Waals surface area contributed by atoms with E-state index in [-0.39, 0.29) is 5.41 Å². The van der Waals surface area contributed by atoms with Crippen LogP contribution in [0.1, 0.15) is 39.0 Å². The zero-order valence-corrected chi connectivity index (χ0v) is 10.9. The molecule has 0 heterocycles. The van der Waals surface area contributed by atoms with E-state index >= 15 is 0 Å². The standard InChI is InChI=1S/C12H25NOS/c1-11(15-2)8-13-9-12(10-14)6-4-3-5-7-12/h11,13-14H,3-10H2,1-2H3. The van der Waals surface area contributed by atoms with Gasteiger partial charge in [-0.3, -0.25) is 0 Å². The summed E-state index contributed by atoms with van der Waals surface area (Å²) in [5, 5.41) is 13.7. The molecule has 2 nitrogen and oxygen atoms in total. The van der Waals surface area contributed by atoms with Crippen LogP contribution in [0.25, 0.3) is 0 Å². The molecule has 0 spiro atoms. The number of hydrogen-bond donors (Lipinski definition) is 2. The largest absolute Gasteiger partial charge is 0.396 e. The fraction of sp³-hybridized carbons (Fsp3) is 1.00. The van der Waals surface area contributed by atoms with Crippen molar-refractivity contribution >= 4 is 11.8 Å². The van der Waals surface area contributed by atoms with Crippen molar-refractivity contribution in [2.45, 2.75) is 44.3 Å². The molecule has 1 unspecified atom stereocenters. The molecule has 0 saturated heterocycles. The minimum absolute atomic E-state index is 0.191. The van der Waals surface area contributed by atoms with Gasteiger partial charge in [0.1, 0.15) is 0 Å². The van der Waals surface area contributed by atoms with Crippen LogP contribution < -0.4 is 5.32 Å². The van der Waals surface area contributed by atoms with Crippen LogP contribution in [0.2, 0.25) is 0 Å². The lowest BCUT2D eigenvalue weighted by Crippen LogP contribution is -2.40. The zero-order chi connectivity index (χ0) is 11.1. The normalized spacial score (nSPS) is 22.6. The molecule has 0 bridgehead atoms. The molecular weight excluding hydrogens is 206 g/mol. The van der Waals surface area contributed by atoms with E-state index in [4.69, 9.17) is 0 Å². The Morgan fingerprint density at radius 2 is 2.00 bits per heavy atom. The molecular formula is C12H25NOS. The van der Waals surface area contributed by atoms with Crippen LogP contribution in [-0.2, 0) is 0 Å². The van der Waals surface area contributed by atoms with Gasteiger partial charge in [0.15, 0.2) is 0 Å². The SMILES string of the molecule is CSC(C)CNCC1(CO)CCCCC1. The van der Waals surface area contributed by atoms with Gasteiger partial charge in [-0.2, -0.15) is 11.8 Å². The number of aliphatic hydroxyl groups is 1. The maximum Gasteiger partial charge on any atom is 0.0499 e. The van der Waals surface area contributed by atoms with Crippen molar-refractivity contribution in [1.29, 1.82) is 0 Å². The number of aliphatic hydroxyl groups excluding tert-OH is 1. The first-order chi connectivity index (χ1) is 7.22. The van der Waals surface area contributed by atoms with E-state index in [0.717, 1.165) is 13.1 Å². The van der Waals surface area contributed by atoms with Crippen molar-refractivity contribution in [1.82, 2.24) is 5.32 Å². The molecule has 0 radical (unpaired) electrons. The minimum atomic E-state index is 0.191. The molecule has 0 aromatic rings. The minimum Gasteiger partial charge on any atom is -0.396 e. The Labute approximate surface area is 98.2 Å². The highest BCUT2D eigenvalue weighted by Gasteiger charge is 2.30. The summed E-state index contributed by atoms with van der Waals surface area (Å²) < 4.78 is 0. The third-order valence-electron chi connectivity index (χ3n) is 3.58. The first-order valence-corrected chi connectivity index (χ1v) is 7.35. The van der Waals surface area contributed by atoms with E-state index in [1.165, 1.54) is 32.1 Å². The number of hydrogen-bond acceptors (Lipinski definition) is 3. The lowest BCUT2D eigenvalue weighted by molar-refractivity contribution is 0.0817. The Kier molecular flexibility index (Phi) is 6.02. The highest BCUT2D eigenvalue weighted by molar-refractivity contribution is 7.99.